The van der Waals surface area contributed by atoms with E-state index >= 15 is 0 Å². The summed E-state index contributed by atoms with van der Waals surface area (Å²) in [6.45, 7) is 8.95. The summed E-state index contributed by atoms with van der Waals surface area (Å²) in [5, 5.41) is 5.36. The van der Waals surface area contributed by atoms with Crippen LogP contribution in [0.25, 0.3) is 0 Å². The van der Waals surface area contributed by atoms with Gasteiger partial charge < -0.3 is 25.2 Å². The summed E-state index contributed by atoms with van der Waals surface area (Å²) < 4.78 is 45.4. The third-order valence-corrected chi connectivity index (χ3v) is 5.35. The van der Waals surface area contributed by atoms with Crippen LogP contribution in [0.5, 0.6) is 0 Å². The Bertz CT molecular complexity index is 894. The summed E-state index contributed by atoms with van der Waals surface area (Å²) in [7, 11) is 5.51. The third kappa shape index (κ3) is 9.37. The zero-order valence-electron chi connectivity index (χ0n) is 21.6. The number of alkyl halides is 3. The molecule has 10 heteroatoms. The number of nitrogens with one attached hydrogen (secondary N) is 2. The molecular weight excluding hydrogens is 459 g/mol. The van der Waals surface area contributed by atoms with E-state index in [1.54, 1.807) is 24.3 Å². The van der Waals surface area contributed by atoms with Crippen LogP contribution in [0.15, 0.2) is 42.7 Å². The molecule has 2 N–H and O–H groups in total. The van der Waals surface area contributed by atoms with Gasteiger partial charge in [0.2, 0.25) is 0 Å². The first-order valence-corrected chi connectivity index (χ1v) is 11.7. The first-order chi connectivity index (χ1) is 16.5. The molecule has 2 atom stereocenters. The molecule has 0 aliphatic heterocycles. The molecule has 196 valence electrons. The number of hydrogen-bond donors (Lipinski definition) is 2. The van der Waals surface area contributed by atoms with Crippen molar-refractivity contribution in [3.63, 3.8) is 0 Å². The van der Waals surface area contributed by atoms with E-state index in [9.17, 15) is 18.0 Å². The number of urea groups is 1. The highest BCUT2D eigenvalue weighted by Gasteiger charge is 2.32. The summed E-state index contributed by atoms with van der Waals surface area (Å²) in [6, 6.07) is 6.18. The van der Waals surface area contributed by atoms with Crippen molar-refractivity contribution in [1.29, 1.82) is 0 Å². The van der Waals surface area contributed by atoms with Crippen molar-refractivity contribution in [3.05, 3.63) is 53.9 Å². The first-order valence-electron chi connectivity index (χ1n) is 11.7. The van der Waals surface area contributed by atoms with Crippen molar-refractivity contribution in [1.82, 2.24) is 15.2 Å². The Kier molecular flexibility index (Phi) is 12.5. The Morgan fingerprint density at radius 2 is 1.74 bits per heavy atom. The number of hydrogen-bond acceptors (Lipinski definition) is 5. The quantitative estimate of drug-likeness (QED) is 0.459. The number of amides is 2. The summed E-state index contributed by atoms with van der Waals surface area (Å²) in [4.78, 5) is 20.4. The number of carbonyl (C=O) groups is 1. The lowest BCUT2D eigenvalue weighted by Gasteiger charge is -2.29. The summed E-state index contributed by atoms with van der Waals surface area (Å²) >= 11 is 0. The number of rotatable bonds is 10. The van der Waals surface area contributed by atoms with Gasteiger partial charge in [0, 0.05) is 38.6 Å². The van der Waals surface area contributed by atoms with E-state index < -0.39 is 17.8 Å². The second-order valence-electron chi connectivity index (χ2n) is 7.94. The molecule has 2 amide bonds. The predicted molar refractivity (Wildman–Crippen MR) is 135 cm³/mol. The van der Waals surface area contributed by atoms with Crippen molar-refractivity contribution in [3.8, 4) is 0 Å². The number of benzene rings is 1. The van der Waals surface area contributed by atoms with Crippen LogP contribution < -0.4 is 15.5 Å². The standard InChI is InChI=1S/C23H32F3N5O2.C2H6/c1-6-33-15-16(2)31(5)20-8-7-18(23(24,25)26)13-19(20)29-22(32)28-14-21(30(3)4)17-9-11-27-12-10-17;1-2/h7-13,16,21H,6,14-15H2,1-5H3,(H2,28,29,32);1-2H3. The molecule has 2 unspecified atom stereocenters. The fourth-order valence-electron chi connectivity index (χ4n) is 3.30. The third-order valence-electron chi connectivity index (χ3n) is 5.35. The Morgan fingerprint density at radius 1 is 1.11 bits per heavy atom. The lowest BCUT2D eigenvalue weighted by Crippen LogP contribution is -2.38. The minimum absolute atomic E-state index is 0.0680. The molecule has 1 aromatic heterocycles. The smallest absolute Gasteiger partial charge is 0.380 e. The summed E-state index contributed by atoms with van der Waals surface area (Å²) in [5.41, 5.74) is 0.650. The Morgan fingerprint density at radius 3 is 2.29 bits per heavy atom. The normalized spacial score (nSPS) is 12.9. The van der Waals surface area contributed by atoms with Crippen LogP contribution in [-0.4, -0.2) is 62.9 Å². The first kappa shape index (κ1) is 30.2. The van der Waals surface area contributed by atoms with Gasteiger partial charge in [0.15, 0.2) is 0 Å². The van der Waals surface area contributed by atoms with E-state index in [1.165, 1.54) is 6.07 Å². The van der Waals surface area contributed by atoms with Crippen molar-refractivity contribution >= 4 is 17.4 Å². The van der Waals surface area contributed by atoms with Gasteiger partial charge in [0.25, 0.3) is 0 Å². The van der Waals surface area contributed by atoms with Crippen LogP contribution in [-0.2, 0) is 10.9 Å². The topological polar surface area (TPSA) is 69.7 Å². The highest BCUT2D eigenvalue weighted by atomic mass is 19.4. The van der Waals surface area contributed by atoms with E-state index in [1.807, 2.05) is 58.8 Å². The predicted octanol–water partition coefficient (Wildman–Crippen LogP) is 5.41. The number of anilines is 2. The highest BCUT2D eigenvalue weighted by molar-refractivity contribution is 5.93. The van der Waals surface area contributed by atoms with Gasteiger partial charge in [-0.15, -0.1) is 0 Å². The van der Waals surface area contributed by atoms with Crippen LogP contribution in [0.4, 0.5) is 29.3 Å². The SMILES string of the molecule is CC.CCOCC(C)N(C)c1ccc(C(F)(F)F)cc1NC(=O)NCC(c1ccncc1)N(C)C. The molecule has 35 heavy (non-hydrogen) atoms. The lowest BCUT2D eigenvalue weighted by atomic mass is 10.1. The molecule has 0 aliphatic rings. The molecule has 0 aliphatic carbocycles. The van der Waals surface area contributed by atoms with Gasteiger partial charge in [0.1, 0.15) is 0 Å². The van der Waals surface area contributed by atoms with Gasteiger partial charge in [-0.25, -0.2) is 4.79 Å². The Balaban J connectivity index is 0.00000298. The monoisotopic (exact) mass is 497 g/mol. The molecule has 2 rings (SSSR count). The summed E-state index contributed by atoms with van der Waals surface area (Å²) in [5.74, 6) is 0. The maximum absolute atomic E-state index is 13.3. The van der Waals surface area contributed by atoms with Crippen LogP contribution in [0, 0.1) is 0 Å². The summed E-state index contributed by atoms with van der Waals surface area (Å²) in [6.07, 6.45) is -1.20. The molecule has 0 radical (unpaired) electrons. The second kappa shape index (κ2) is 14.5. The molecular formula is C25H38F3N5O2. The average molecular weight is 498 g/mol. The number of aromatic nitrogens is 1. The van der Waals surface area contributed by atoms with E-state index in [4.69, 9.17) is 4.74 Å². The van der Waals surface area contributed by atoms with E-state index in [-0.39, 0.29) is 24.3 Å². The second-order valence-corrected chi connectivity index (χ2v) is 7.94. The molecule has 0 fully saturated rings. The largest absolute Gasteiger partial charge is 0.416 e. The van der Waals surface area contributed by atoms with Gasteiger partial charge >= 0.3 is 12.2 Å². The molecule has 7 nitrogen and oxygen atoms in total. The molecule has 0 saturated heterocycles. The van der Waals surface area contributed by atoms with Crippen molar-refractivity contribution in [2.45, 2.75) is 46.0 Å². The zero-order valence-corrected chi connectivity index (χ0v) is 21.6. The molecule has 1 heterocycles. The van der Waals surface area contributed by atoms with Crippen molar-refractivity contribution in [2.24, 2.45) is 0 Å². The molecule has 0 saturated carbocycles. The maximum Gasteiger partial charge on any atom is 0.416 e. The maximum atomic E-state index is 13.3. The number of halogens is 3. The Labute approximate surface area is 206 Å². The fraction of sp³-hybridized carbons (Fsp3) is 0.520. The number of ether oxygens (including phenoxy) is 1. The number of likely N-dealkylation sites (N-methyl/N-ethyl adjacent to an activating group) is 2. The van der Waals surface area contributed by atoms with Crippen LogP contribution in [0.2, 0.25) is 0 Å². The van der Waals surface area contributed by atoms with E-state index in [0.29, 0.717) is 18.9 Å². The van der Waals surface area contributed by atoms with Gasteiger partial charge in [-0.1, -0.05) is 13.8 Å². The van der Waals surface area contributed by atoms with Gasteiger partial charge in [-0.2, -0.15) is 13.2 Å². The fourth-order valence-corrected chi connectivity index (χ4v) is 3.30. The van der Waals surface area contributed by atoms with E-state index in [2.05, 4.69) is 15.6 Å². The van der Waals surface area contributed by atoms with E-state index in [0.717, 1.165) is 17.7 Å². The van der Waals surface area contributed by atoms with Crippen LogP contribution >= 0.6 is 0 Å². The molecule has 0 bridgehead atoms. The Hall–Kier alpha value is -2.85. The minimum atomic E-state index is -4.53. The van der Waals surface area contributed by atoms with Crippen molar-refractivity contribution < 1.29 is 22.7 Å². The highest BCUT2D eigenvalue weighted by Crippen LogP contribution is 2.35. The average Bonchev–Trinajstić information content (AvgIpc) is 2.83. The van der Waals surface area contributed by atoms with Gasteiger partial charge in [0.05, 0.1) is 29.6 Å². The minimum Gasteiger partial charge on any atom is -0.380 e. The van der Waals surface area contributed by atoms with Crippen molar-refractivity contribution in [2.75, 3.05) is 51.1 Å². The van der Waals surface area contributed by atoms with Crippen LogP contribution in [0.1, 0.15) is 44.9 Å². The number of nitrogens with zero attached hydrogens (tertiary/aromatic N) is 3. The van der Waals surface area contributed by atoms with Gasteiger partial charge in [-0.3, -0.25) is 4.98 Å². The number of carbonyl (C=O) groups excluding carboxylic acids is 1. The van der Waals surface area contributed by atoms with Crippen LogP contribution in [0.3, 0.4) is 0 Å². The number of pyridine rings is 1. The molecule has 0 spiro atoms. The molecule has 2 aromatic rings. The zero-order chi connectivity index (χ0) is 26.6. The lowest BCUT2D eigenvalue weighted by molar-refractivity contribution is -0.137. The van der Waals surface area contributed by atoms with Gasteiger partial charge in [-0.05, 0) is 63.8 Å². The molecule has 1 aromatic carbocycles.